The van der Waals surface area contributed by atoms with Gasteiger partial charge in [-0.1, -0.05) is 22.0 Å². The van der Waals surface area contributed by atoms with Crippen molar-refractivity contribution in [3.05, 3.63) is 56.5 Å². The Hall–Kier alpha value is -2.61. The van der Waals surface area contributed by atoms with Crippen molar-refractivity contribution in [2.75, 3.05) is 16.8 Å². The molecule has 0 fully saturated rings. The highest BCUT2D eigenvalue weighted by Crippen LogP contribution is 2.35. The molecule has 1 amide bonds. The summed E-state index contributed by atoms with van der Waals surface area (Å²) < 4.78 is 6.20. The number of carbonyl (C=O) groups is 1. The molecule has 1 aliphatic heterocycles. The molecule has 0 bridgehead atoms. The molecular weight excluding hydrogens is 414 g/mol. The van der Waals surface area contributed by atoms with Crippen LogP contribution < -0.4 is 10.2 Å². The minimum Gasteiger partial charge on any atom is -0.443 e. The zero-order valence-electron chi connectivity index (χ0n) is 15.3. The van der Waals surface area contributed by atoms with E-state index in [9.17, 15) is 14.9 Å². The molecule has 1 N–H and O–H groups in total. The lowest BCUT2D eigenvalue weighted by atomic mass is 10.1. The summed E-state index contributed by atoms with van der Waals surface area (Å²) in [6.07, 6.45) is 0.346. The lowest BCUT2D eigenvalue weighted by Gasteiger charge is -2.25. The van der Waals surface area contributed by atoms with Crippen LogP contribution in [0, 0.1) is 10.1 Å². The minimum atomic E-state index is -0.577. The fraction of sp³-hybridized carbons (Fsp3) is 0.316. The highest BCUT2D eigenvalue weighted by molar-refractivity contribution is 9.10. The van der Waals surface area contributed by atoms with E-state index in [1.807, 2.05) is 39.0 Å². The van der Waals surface area contributed by atoms with E-state index in [4.69, 9.17) is 4.74 Å². The van der Waals surface area contributed by atoms with E-state index in [0.717, 1.165) is 22.1 Å². The molecule has 2 aromatic rings. The number of halogens is 1. The Morgan fingerprint density at radius 2 is 2.00 bits per heavy atom. The Bertz CT molecular complexity index is 908. The Labute approximate surface area is 165 Å². The third-order valence-corrected chi connectivity index (χ3v) is 4.52. The van der Waals surface area contributed by atoms with Gasteiger partial charge in [0.25, 0.3) is 5.69 Å². The van der Waals surface area contributed by atoms with Crippen molar-refractivity contribution < 1.29 is 14.5 Å². The third kappa shape index (κ3) is 4.39. The van der Waals surface area contributed by atoms with Crippen LogP contribution in [0.3, 0.4) is 0 Å². The summed E-state index contributed by atoms with van der Waals surface area (Å²) in [7, 11) is 0. The van der Waals surface area contributed by atoms with Crippen LogP contribution >= 0.6 is 15.9 Å². The molecule has 0 spiro atoms. The van der Waals surface area contributed by atoms with Gasteiger partial charge in [0.05, 0.1) is 10.6 Å². The number of ether oxygens (including phenoxy) is 1. The quantitative estimate of drug-likeness (QED) is 0.517. The van der Waals surface area contributed by atoms with Crippen LogP contribution in [0.25, 0.3) is 0 Å². The molecule has 8 heteroatoms. The maximum absolute atomic E-state index is 12.5. The van der Waals surface area contributed by atoms with Crippen molar-refractivity contribution in [3.8, 4) is 0 Å². The van der Waals surface area contributed by atoms with Crippen molar-refractivity contribution in [3.63, 3.8) is 0 Å². The van der Waals surface area contributed by atoms with Crippen molar-refractivity contribution >= 4 is 44.8 Å². The number of nitrogens with zero attached hydrogens (tertiary/aromatic N) is 2. The van der Waals surface area contributed by atoms with Crippen LogP contribution in [0.5, 0.6) is 0 Å². The molecule has 0 radical (unpaired) electrons. The van der Waals surface area contributed by atoms with E-state index in [-0.39, 0.29) is 5.69 Å². The van der Waals surface area contributed by atoms with E-state index in [0.29, 0.717) is 17.9 Å². The van der Waals surface area contributed by atoms with Gasteiger partial charge in [0.1, 0.15) is 11.3 Å². The largest absolute Gasteiger partial charge is 0.443 e. The average Bonchev–Trinajstić information content (AvgIpc) is 2.96. The predicted molar refractivity (Wildman–Crippen MR) is 108 cm³/mol. The van der Waals surface area contributed by atoms with E-state index in [1.165, 1.54) is 6.07 Å². The van der Waals surface area contributed by atoms with Crippen molar-refractivity contribution in [2.45, 2.75) is 32.8 Å². The molecule has 0 aromatic heterocycles. The maximum Gasteiger partial charge on any atom is 0.414 e. The van der Waals surface area contributed by atoms with Crippen molar-refractivity contribution in [1.82, 2.24) is 0 Å². The summed E-state index contributed by atoms with van der Waals surface area (Å²) >= 11 is 3.33. The van der Waals surface area contributed by atoms with Gasteiger partial charge in [-0.15, -0.1) is 0 Å². The van der Waals surface area contributed by atoms with E-state index < -0.39 is 16.6 Å². The fourth-order valence-electron chi connectivity index (χ4n) is 2.89. The highest BCUT2D eigenvalue weighted by Gasteiger charge is 2.29. The number of amides is 1. The number of fused-ring (bicyclic) bond motifs is 1. The van der Waals surface area contributed by atoms with Gasteiger partial charge < -0.3 is 10.1 Å². The predicted octanol–water partition coefficient (Wildman–Crippen LogP) is 5.40. The number of rotatable bonds is 3. The molecule has 0 saturated carbocycles. The fourth-order valence-corrected chi connectivity index (χ4v) is 3.25. The molecule has 7 nitrogen and oxygen atoms in total. The Balaban J connectivity index is 1.89. The molecule has 3 rings (SSSR count). The summed E-state index contributed by atoms with van der Waals surface area (Å²) in [6.45, 7) is 6.02. The van der Waals surface area contributed by atoms with Gasteiger partial charge in [-0.3, -0.25) is 15.0 Å². The van der Waals surface area contributed by atoms with Gasteiger partial charge >= 0.3 is 6.09 Å². The van der Waals surface area contributed by atoms with E-state index >= 15 is 0 Å². The molecule has 1 aliphatic rings. The number of nitro benzene ring substituents is 1. The summed E-state index contributed by atoms with van der Waals surface area (Å²) in [4.78, 5) is 24.9. The normalized spacial score (nSPS) is 13.3. The number of hydrogen-bond donors (Lipinski definition) is 1. The van der Waals surface area contributed by atoms with Gasteiger partial charge in [0, 0.05) is 22.8 Å². The SMILES string of the molecule is CC(C)(C)OC(=O)N1CCc2ccc(Nc3cc(Br)ccc3[N+](=O)[O-])cc21. The maximum atomic E-state index is 12.5. The Morgan fingerprint density at radius 1 is 1.26 bits per heavy atom. The van der Waals surface area contributed by atoms with Crippen LogP contribution in [0.2, 0.25) is 0 Å². The number of nitro groups is 1. The highest BCUT2D eigenvalue weighted by atomic mass is 79.9. The van der Waals surface area contributed by atoms with Gasteiger partial charge in [-0.2, -0.15) is 0 Å². The van der Waals surface area contributed by atoms with Crippen molar-refractivity contribution in [1.29, 1.82) is 0 Å². The molecule has 27 heavy (non-hydrogen) atoms. The molecule has 0 aliphatic carbocycles. The first-order chi connectivity index (χ1) is 12.6. The number of nitrogens with one attached hydrogen (secondary N) is 1. The van der Waals surface area contributed by atoms with Crippen LogP contribution in [0.1, 0.15) is 26.3 Å². The van der Waals surface area contributed by atoms with Gasteiger partial charge in [0.15, 0.2) is 0 Å². The molecule has 0 atom stereocenters. The third-order valence-electron chi connectivity index (χ3n) is 4.03. The zero-order chi connectivity index (χ0) is 19.8. The van der Waals surface area contributed by atoms with E-state index in [1.54, 1.807) is 17.0 Å². The smallest absolute Gasteiger partial charge is 0.414 e. The van der Waals surface area contributed by atoms with Gasteiger partial charge in [0.2, 0.25) is 0 Å². The first kappa shape index (κ1) is 19.2. The minimum absolute atomic E-state index is 0.0253. The number of benzene rings is 2. The van der Waals surface area contributed by atoms with Crippen molar-refractivity contribution in [2.24, 2.45) is 0 Å². The van der Waals surface area contributed by atoms with Crippen LogP contribution in [-0.2, 0) is 11.2 Å². The summed E-state index contributed by atoms with van der Waals surface area (Å²) in [5, 5.41) is 14.3. The second kappa shape index (κ2) is 7.19. The Morgan fingerprint density at radius 3 is 2.67 bits per heavy atom. The van der Waals surface area contributed by atoms with Crippen LogP contribution in [0.4, 0.5) is 27.5 Å². The second-order valence-electron chi connectivity index (χ2n) is 7.27. The average molecular weight is 434 g/mol. The molecule has 2 aromatic carbocycles. The number of carbonyl (C=O) groups excluding carboxylic acids is 1. The standard InChI is InChI=1S/C19H20BrN3O4/c1-19(2,3)27-18(24)22-9-8-12-4-6-14(11-17(12)22)21-15-10-13(20)5-7-16(15)23(25)26/h4-7,10-11,21H,8-9H2,1-3H3. The summed E-state index contributed by atoms with van der Waals surface area (Å²) in [6, 6.07) is 10.3. The second-order valence-corrected chi connectivity index (χ2v) is 8.18. The summed E-state index contributed by atoms with van der Waals surface area (Å²) in [5.41, 5.74) is 2.22. The zero-order valence-corrected chi connectivity index (χ0v) is 16.9. The van der Waals surface area contributed by atoms with Crippen LogP contribution in [-0.4, -0.2) is 23.2 Å². The Kier molecular flexibility index (Phi) is 5.10. The lowest BCUT2D eigenvalue weighted by Crippen LogP contribution is -2.35. The van der Waals surface area contributed by atoms with Gasteiger partial charge in [-0.05, 0) is 57.0 Å². The first-order valence-electron chi connectivity index (χ1n) is 8.48. The van der Waals surface area contributed by atoms with E-state index in [2.05, 4.69) is 21.2 Å². The molecule has 0 saturated heterocycles. The summed E-state index contributed by atoms with van der Waals surface area (Å²) in [5.74, 6) is 0. The number of anilines is 3. The number of hydrogen-bond acceptors (Lipinski definition) is 5. The molecule has 1 heterocycles. The first-order valence-corrected chi connectivity index (χ1v) is 9.28. The van der Waals surface area contributed by atoms with Gasteiger partial charge in [-0.25, -0.2) is 4.79 Å². The topological polar surface area (TPSA) is 84.7 Å². The molecule has 142 valence electrons. The van der Waals surface area contributed by atoms with Crippen LogP contribution in [0.15, 0.2) is 40.9 Å². The monoisotopic (exact) mass is 433 g/mol. The lowest BCUT2D eigenvalue weighted by molar-refractivity contribution is -0.383. The molecule has 0 unspecified atom stereocenters. The molecular formula is C19H20BrN3O4.